The van der Waals surface area contributed by atoms with E-state index in [1.54, 1.807) is 30.6 Å². The van der Waals surface area contributed by atoms with Crippen molar-refractivity contribution in [3.8, 4) is 50.6 Å². The number of imidazole rings is 3. The number of nitrogens with one attached hydrogen (secondary N) is 3. The molecule has 0 amide bonds. The lowest BCUT2D eigenvalue weighted by Gasteiger charge is -2.22. The van der Waals surface area contributed by atoms with Crippen LogP contribution in [0.25, 0.3) is 50.3 Å². The third kappa shape index (κ3) is 12.2. The van der Waals surface area contributed by atoms with Crippen molar-refractivity contribution in [2.45, 2.75) is 118 Å². The number of nitrogens with zero attached hydrogens (tertiary/aromatic N) is 15. The molecule has 3 aromatic carbocycles. The molecule has 26 heteroatoms. The van der Waals surface area contributed by atoms with Gasteiger partial charge >= 0.3 is 0 Å². The maximum atomic E-state index is 14.6. The largest absolute Gasteiger partial charge is 0.493 e. The predicted molar refractivity (Wildman–Crippen MR) is 349 cm³/mol. The van der Waals surface area contributed by atoms with E-state index in [1.807, 2.05) is 111 Å². The van der Waals surface area contributed by atoms with E-state index >= 15 is 0 Å². The van der Waals surface area contributed by atoms with Gasteiger partial charge in [0, 0.05) is 188 Å². The van der Waals surface area contributed by atoms with Crippen LogP contribution in [0.5, 0.6) is 17.2 Å². The molecule has 0 aliphatic carbocycles. The molecule has 23 nitrogen and oxygen atoms in total. The molecule has 0 saturated carbocycles. The number of anilines is 3. The molecule has 488 valence electrons. The van der Waals surface area contributed by atoms with E-state index in [2.05, 4.69) is 57.4 Å². The van der Waals surface area contributed by atoms with E-state index in [-0.39, 0.29) is 23.7 Å². The monoisotopic (exact) mass is 1290 g/mol. The van der Waals surface area contributed by atoms with Gasteiger partial charge in [-0.3, -0.25) is 22.6 Å². The van der Waals surface area contributed by atoms with Gasteiger partial charge in [0.2, 0.25) is 17.8 Å². The summed E-state index contributed by atoms with van der Waals surface area (Å²) in [6.07, 6.45) is 30.0. The van der Waals surface area contributed by atoms with E-state index in [9.17, 15) is 13.2 Å². The molecular formula is C69H71F3N18O5. The van der Waals surface area contributed by atoms with Gasteiger partial charge in [0.1, 0.15) is 57.9 Å². The van der Waals surface area contributed by atoms with Crippen molar-refractivity contribution in [1.82, 2.24) is 72.4 Å². The highest BCUT2D eigenvalue weighted by Crippen LogP contribution is 2.36. The predicted octanol–water partition coefficient (Wildman–Crippen LogP) is 11.8. The summed E-state index contributed by atoms with van der Waals surface area (Å²) in [4.78, 5) is 28.0. The Hall–Kier alpha value is -10.3. The van der Waals surface area contributed by atoms with E-state index in [0.29, 0.717) is 92.9 Å². The Morgan fingerprint density at radius 3 is 1.31 bits per heavy atom. The smallest absolute Gasteiger partial charge is 0.208 e. The van der Waals surface area contributed by atoms with Gasteiger partial charge in [-0.1, -0.05) is 0 Å². The second kappa shape index (κ2) is 26.2. The van der Waals surface area contributed by atoms with Gasteiger partial charge in [-0.2, -0.15) is 15.3 Å². The summed E-state index contributed by atoms with van der Waals surface area (Å²) in [6.45, 7) is 13.7. The maximum Gasteiger partial charge on any atom is 0.208 e. The van der Waals surface area contributed by atoms with Gasteiger partial charge in [-0.25, -0.2) is 47.8 Å². The van der Waals surface area contributed by atoms with Crippen molar-refractivity contribution in [3.05, 3.63) is 179 Å². The fourth-order valence-corrected chi connectivity index (χ4v) is 13.2. The Labute approximate surface area is 544 Å². The average molecular weight is 1290 g/mol. The van der Waals surface area contributed by atoms with E-state index in [4.69, 9.17) is 33.7 Å². The first-order valence-corrected chi connectivity index (χ1v) is 32.3. The molecule has 12 aromatic rings. The highest BCUT2D eigenvalue weighted by molar-refractivity contribution is 5.79. The molecule has 2 saturated heterocycles. The summed E-state index contributed by atoms with van der Waals surface area (Å²) in [5.74, 6) is 3.42. The van der Waals surface area contributed by atoms with Gasteiger partial charge in [0.15, 0.2) is 0 Å². The Kier molecular flexibility index (Phi) is 16.8. The molecule has 0 bridgehead atoms. The van der Waals surface area contributed by atoms with Crippen molar-refractivity contribution in [2.24, 2.45) is 0 Å². The second-order valence-electron chi connectivity index (χ2n) is 24.2. The molecular weight excluding hydrogens is 1220 g/mol. The number of hydrogen-bond donors (Lipinski definition) is 3. The molecule has 0 spiro atoms. The quantitative estimate of drug-likeness (QED) is 0.0867. The van der Waals surface area contributed by atoms with Crippen LogP contribution < -0.4 is 30.2 Å². The van der Waals surface area contributed by atoms with E-state index in [0.717, 1.165) is 166 Å². The standard InChI is InChI=1S/2C24H25FN6O2.C21H21FN6O/c1-15-13-30-23(29-15)19(16-10-28-31(14-16)17-4-7-32-8-5-17)11-26-24(30)27-12-20-18-6-9-33-22(18)3-2-21(20)25;1-15-13-30-23(29-15)18(16-10-28-31(14-16)22-4-2-3-8-33-22)11-26-24(30)27-12-19-17-7-9-32-21(17)6-5-20(19)25;1-3-27-12-14(8-25-27)16-9-23-21(28-11-13(2)26-20(16)28)24-10-17-15-6-7-29-19(15)5-4-18(17)22/h2-3,10-11,13-14,17H,4-9,12H2,1H3,(H,26,27);5-6,10-11,13-14,22H,2-4,7-9,12H2,1H3,(H,26,27);4-5,8-9,11-12H,3,6-7,10H2,1-2H3,(H,23,24). The summed E-state index contributed by atoms with van der Waals surface area (Å²) in [5, 5.41) is 23.4. The number of hydrogen-bond acceptors (Lipinski definition) is 17. The molecule has 0 radical (unpaired) electrons. The highest BCUT2D eigenvalue weighted by atomic mass is 19.1. The maximum absolute atomic E-state index is 14.6. The Morgan fingerprint density at radius 2 is 0.884 bits per heavy atom. The number of rotatable bonds is 15. The molecule has 5 aliphatic heterocycles. The minimum atomic E-state index is -0.237. The summed E-state index contributed by atoms with van der Waals surface area (Å²) >= 11 is 0. The number of aromatic nitrogens is 15. The Morgan fingerprint density at radius 1 is 0.463 bits per heavy atom. The fourth-order valence-electron chi connectivity index (χ4n) is 13.2. The zero-order chi connectivity index (χ0) is 64.7. The molecule has 2 fully saturated rings. The third-order valence-corrected chi connectivity index (χ3v) is 18.0. The lowest BCUT2D eigenvalue weighted by molar-refractivity contribution is -0.0394. The highest BCUT2D eigenvalue weighted by Gasteiger charge is 2.26. The van der Waals surface area contributed by atoms with Gasteiger partial charge in [-0.15, -0.1) is 0 Å². The summed E-state index contributed by atoms with van der Waals surface area (Å²) in [6, 6.07) is 9.83. The first-order valence-electron chi connectivity index (χ1n) is 32.3. The number of aryl methyl sites for hydroxylation is 4. The zero-order valence-corrected chi connectivity index (χ0v) is 53.2. The van der Waals surface area contributed by atoms with E-state index in [1.165, 1.54) is 18.2 Å². The third-order valence-electron chi connectivity index (χ3n) is 18.0. The topological polar surface area (TPSA) is 226 Å². The summed E-state index contributed by atoms with van der Waals surface area (Å²) in [5.41, 5.74) is 15.2. The van der Waals surface area contributed by atoms with Gasteiger partial charge < -0.3 is 39.6 Å². The van der Waals surface area contributed by atoms with Crippen LogP contribution in [0.15, 0.2) is 111 Å². The summed E-state index contributed by atoms with van der Waals surface area (Å²) in [7, 11) is 0. The van der Waals surface area contributed by atoms with Gasteiger partial charge in [-0.05, 0) is 96.2 Å². The second-order valence-corrected chi connectivity index (χ2v) is 24.2. The molecule has 9 aromatic heterocycles. The molecule has 17 rings (SSSR count). The minimum absolute atomic E-state index is 0.0228. The number of benzene rings is 3. The van der Waals surface area contributed by atoms with Crippen molar-refractivity contribution in [1.29, 1.82) is 0 Å². The van der Waals surface area contributed by atoms with Crippen LogP contribution in [0.3, 0.4) is 0 Å². The molecule has 95 heavy (non-hydrogen) atoms. The number of fused-ring (bicyclic) bond motifs is 6. The normalized spacial score (nSPS) is 15.8. The van der Waals surface area contributed by atoms with Crippen molar-refractivity contribution < 1.29 is 36.9 Å². The first kappa shape index (κ1) is 60.9. The zero-order valence-electron chi connectivity index (χ0n) is 53.2. The molecule has 1 atom stereocenters. The fraction of sp³-hybridized carbons (Fsp3) is 0.348. The van der Waals surface area contributed by atoms with Crippen LogP contribution >= 0.6 is 0 Å². The van der Waals surface area contributed by atoms with Crippen LogP contribution in [0, 0.1) is 38.2 Å². The van der Waals surface area contributed by atoms with Crippen molar-refractivity contribution in [3.63, 3.8) is 0 Å². The molecule has 3 N–H and O–H groups in total. The van der Waals surface area contributed by atoms with Crippen LogP contribution in [0.4, 0.5) is 31.0 Å². The Bertz CT molecular complexity index is 4600. The molecule has 1 unspecified atom stereocenters. The first-order chi connectivity index (χ1) is 46.5. The van der Waals surface area contributed by atoms with Crippen molar-refractivity contribution in [2.75, 3.05) is 55.6 Å². The van der Waals surface area contributed by atoms with Crippen molar-refractivity contribution >= 4 is 34.8 Å². The van der Waals surface area contributed by atoms with Gasteiger partial charge in [0.05, 0.1) is 61.5 Å². The lowest BCUT2D eigenvalue weighted by Crippen LogP contribution is -2.19. The van der Waals surface area contributed by atoms with Crippen LogP contribution in [-0.2, 0) is 54.9 Å². The van der Waals surface area contributed by atoms with Crippen LogP contribution in [-0.4, -0.2) is 112 Å². The van der Waals surface area contributed by atoms with Gasteiger partial charge in [0.25, 0.3) is 0 Å². The van der Waals surface area contributed by atoms with Crippen LogP contribution in [0.1, 0.15) is 102 Å². The summed E-state index contributed by atoms with van der Waals surface area (Å²) < 4.78 is 83.1. The average Bonchev–Trinajstić information content (AvgIpc) is 1.67. The minimum Gasteiger partial charge on any atom is -0.493 e. The molecule has 14 heterocycles. The number of ether oxygens (including phenoxy) is 5. The lowest BCUT2D eigenvalue weighted by atomic mass is 10.0. The SMILES string of the molecule is CCn1cc(-c2cnc(NCc3c(F)ccc4c3CCO4)n3cc(C)nc23)cn1.Cc1cn2c(NCc3c(F)ccc4c3CCO4)ncc(-c3cnn(C4CCCCO4)c3)c2n1.Cc1cn2c(NCc3c(F)ccc4c3CCO4)ncc(-c3cnn(C4CCOCC4)c3)c2n1. The van der Waals surface area contributed by atoms with Crippen LogP contribution in [0.2, 0.25) is 0 Å². The molecule has 5 aliphatic rings. The number of halogens is 3. The van der Waals surface area contributed by atoms with E-state index < -0.39 is 0 Å². The Balaban J connectivity index is 0.000000118.